The number of likely N-dealkylation sites (N-methyl/N-ethyl adjacent to an activating group) is 1. The number of thiophene rings is 1. The Balaban J connectivity index is 2.01. The van der Waals surface area contributed by atoms with Gasteiger partial charge in [-0.15, -0.1) is 11.3 Å². The number of nitrogens with two attached hydrogens (primary N) is 2. The quantitative estimate of drug-likeness (QED) is 0.532. The molecule has 0 spiro atoms. The molecule has 0 aliphatic rings. The van der Waals surface area contributed by atoms with Crippen molar-refractivity contribution in [1.82, 2.24) is 14.9 Å². The van der Waals surface area contributed by atoms with Crippen LogP contribution in [-0.2, 0) is 0 Å². The lowest BCUT2D eigenvalue weighted by atomic mass is 10.1. The summed E-state index contributed by atoms with van der Waals surface area (Å²) in [7, 11) is 0. The molecule has 3 rings (SSSR count). The summed E-state index contributed by atoms with van der Waals surface area (Å²) in [6.07, 6.45) is 0. The van der Waals surface area contributed by atoms with Crippen molar-refractivity contribution in [1.29, 1.82) is 0 Å². The number of primary amides is 1. The Bertz CT molecular complexity index is 1050. The molecule has 0 aliphatic carbocycles. The Hall–Kier alpha value is -2.13. The van der Waals surface area contributed by atoms with Crippen molar-refractivity contribution in [3.8, 4) is 17.0 Å². The molecule has 3 aromatic rings. The predicted molar refractivity (Wildman–Crippen MR) is 119 cm³/mol. The van der Waals surface area contributed by atoms with Gasteiger partial charge >= 0.3 is 0 Å². The normalized spacial score (nSPS) is 11.3. The van der Waals surface area contributed by atoms with Crippen molar-refractivity contribution in [2.75, 3.05) is 32.0 Å². The first kappa shape index (κ1) is 21.6. The minimum absolute atomic E-state index is 0.0698. The zero-order valence-electron chi connectivity index (χ0n) is 16.0. The van der Waals surface area contributed by atoms with E-state index in [-0.39, 0.29) is 5.95 Å². The monoisotopic (exact) mass is 453 g/mol. The number of hydrogen-bond acceptors (Lipinski definition) is 7. The van der Waals surface area contributed by atoms with Crippen LogP contribution in [0.3, 0.4) is 0 Å². The fourth-order valence-electron chi connectivity index (χ4n) is 2.91. The third-order valence-corrected chi connectivity index (χ3v) is 6.14. The number of nitrogen functional groups attached to an aromatic ring is 1. The van der Waals surface area contributed by atoms with Gasteiger partial charge < -0.3 is 21.1 Å². The SMILES string of the molecule is CCN(CC)CCOc1cc(-c2nc(N)nc3sc(C(N)=O)cc23)c(Cl)cc1Cl. The van der Waals surface area contributed by atoms with E-state index in [2.05, 4.69) is 28.7 Å². The molecule has 0 saturated heterocycles. The fourth-order valence-corrected chi connectivity index (χ4v) is 4.33. The number of aromatic nitrogens is 2. The molecule has 0 atom stereocenters. The van der Waals surface area contributed by atoms with E-state index in [1.54, 1.807) is 18.2 Å². The van der Waals surface area contributed by atoms with Crippen LogP contribution >= 0.6 is 34.5 Å². The van der Waals surface area contributed by atoms with Gasteiger partial charge in [0.25, 0.3) is 5.91 Å². The number of anilines is 1. The van der Waals surface area contributed by atoms with Gasteiger partial charge in [0.05, 0.1) is 20.6 Å². The predicted octanol–water partition coefficient (Wildman–Crippen LogP) is 4.07. The minimum atomic E-state index is -0.542. The van der Waals surface area contributed by atoms with E-state index < -0.39 is 5.91 Å². The number of benzene rings is 1. The Morgan fingerprint density at radius 1 is 1.17 bits per heavy atom. The molecule has 0 saturated carbocycles. The van der Waals surface area contributed by atoms with Gasteiger partial charge in [0.1, 0.15) is 17.2 Å². The van der Waals surface area contributed by atoms with Gasteiger partial charge in [-0.3, -0.25) is 4.79 Å². The lowest BCUT2D eigenvalue weighted by Gasteiger charge is -2.19. The first-order valence-corrected chi connectivity index (χ1v) is 10.6. The van der Waals surface area contributed by atoms with E-state index in [9.17, 15) is 4.79 Å². The second kappa shape index (κ2) is 9.13. The number of carbonyl (C=O) groups is 1. The van der Waals surface area contributed by atoms with Crippen LogP contribution < -0.4 is 16.2 Å². The number of ether oxygens (including phenoxy) is 1. The van der Waals surface area contributed by atoms with Crippen molar-refractivity contribution in [2.45, 2.75) is 13.8 Å². The highest BCUT2D eigenvalue weighted by Crippen LogP contribution is 2.40. The molecule has 7 nitrogen and oxygen atoms in total. The van der Waals surface area contributed by atoms with Crippen LogP contribution in [0.1, 0.15) is 23.5 Å². The van der Waals surface area contributed by atoms with Gasteiger partial charge in [-0.1, -0.05) is 37.0 Å². The smallest absolute Gasteiger partial charge is 0.258 e. The highest BCUT2D eigenvalue weighted by Gasteiger charge is 2.19. The van der Waals surface area contributed by atoms with E-state index in [1.165, 1.54) is 0 Å². The molecule has 0 fully saturated rings. The number of halogens is 2. The summed E-state index contributed by atoms with van der Waals surface area (Å²) in [5, 5.41) is 1.42. The summed E-state index contributed by atoms with van der Waals surface area (Å²) < 4.78 is 5.90. The summed E-state index contributed by atoms with van der Waals surface area (Å²) in [6, 6.07) is 4.98. The van der Waals surface area contributed by atoms with Gasteiger partial charge in [-0.2, -0.15) is 0 Å². The number of hydrogen-bond donors (Lipinski definition) is 2. The molecular formula is C19H21Cl2N5O2S. The van der Waals surface area contributed by atoms with Crippen LogP contribution in [0.25, 0.3) is 21.5 Å². The molecule has 154 valence electrons. The van der Waals surface area contributed by atoms with Gasteiger partial charge in [-0.25, -0.2) is 9.97 Å². The maximum Gasteiger partial charge on any atom is 0.258 e. The highest BCUT2D eigenvalue weighted by atomic mass is 35.5. The molecule has 29 heavy (non-hydrogen) atoms. The number of carbonyl (C=O) groups excluding carboxylic acids is 1. The van der Waals surface area contributed by atoms with Crippen molar-refractivity contribution < 1.29 is 9.53 Å². The second-order valence-corrected chi connectivity index (χ2v) is 8.11. The number of fused-ring (bicyclic) bond motifs is 1. The summed E-state index contributed by atoms with van der Waals surface area (Å²) in [6.45, 7) is 7.34. The topological polar surface area (TPSA) is 107 Å². The average Bonchev–Trinajstić information content (AvgIpc) is 3.10. The molecular weight excluding hydrogens is 433 g/mol. The van der Waals surface area contributed by atoms with E-state index in [0.717, 1.165) is 31.0 Å². The molecule has 0 radical (unpaired) electrons. The lowest BCUT2D eigenvalue weighted by Crippen LogP contribution is -2.27. The molecule has 0 aliphatic heterocycles. The molecule has 1 amide bonds. The molecule has 0 unspecified atom stereocenters. The van der Waals surface area contributed by atoms with Crippen LogP contribution in [0, 0.1) is 0 Å². The van der Waals surface area contributed by atoms with Gasteiger partial charge in [-0.05, 0) is 31.3 Å². The molecule has 1 aromatic carbocycles. The number of nitrogens with zero attached hydrogens (tertiary/aromatic N) is 3. The molecule has 0 bridgehead atoms. The number of amides is 1. The van der Waals surface area contributed by atoms with Crippen LogP contribution in [0.15, 0.2) is 18.2 Å². The van der Waals surface area contributed by atoms with E-state index >= 15 is 0 Å². The van der Waals surface area contributed by atoms with Crippen LogP contribution in [0.5, 0.6) is 5.75 Å². The first-order chi connectivity index (χ1) is 13.8. The Kier molecular flexibility index (Phi) is 6.79. The van der Waals surface area contributed by atoms with Crippen molar-refractivity contribution in [3.05, 3.63) is 33.1 Å². The molecule has 2 heterocycles. The molecule has 2 aromatic heterocycles. The molecule has 10 heteroatoms. The van der Waals surface area contributed by atoms with Gasteiger partial charge in [0, 0.05) is 17.5 Å². The second-order valence-electron chi connectivity index (χ2n) is 6.26. The van der Waals surface area contributed by atoms with Gasteiger partial charge in [0.2, 0.25) is 5.95 Å². The van der Waals surface area contributed by atoms with E-state index in [4.69, 9.17) is 39.4 Å². The van der Waals surface area contributed by atoms with E-state index in [0.29, 0.717) is 48.8 Å². The Morgan fingerprint density at radius 3 is 2.55 bits per heavy atom. The Labute approximate surface area is 182 Å². The van der Waals surface area contributed by atoms with Gasteiger partial charge in [0.15, 0.2) is 0 Å². The first-order valence-electron chi connectivity index (χ1n) is 9.05. The minimum Gasteiger partial charge on any atom is -0.491 e. The zero-order chi connectivity index (χ0) is 21.1. The highest BCUT2D eigenvalue weighted by molar-refractivity contribution is 7.20. The zero-order valence-corrected chi connectivity index (χ0v) is 18.4. The van der Waals surface area contributed by atoms with Crippen molar-refractivity contribution in [3.63, 3.8) is 0 Å². The average molecular weight is 454 g/mol. The van der Waals surface area contributed by atoms with Crippen molar-refractivity contribution >= 4 is 56.6 Å². The van der Waals surface area contributed by atoms with Crippen LogP contribution in [0.2, 0.25) is 10.0 Å². The summed E-state index contributed by atoms with van der Waals surface area (Å²) in [5.41, 5.74) is 12.4. The van der Waals surface area contributed by atoms with E-state index in [1.807, 2.05) is 0 Å². The fraction of sp³-hybridized carbons (Fsp3) is 0.316. The standard InChI is InChI=1S/C19H21Cl2N5O2S/c1-3-26(4-2)5-6-28-14-7-10(12(20)9-13(14)21)16-11-8-15(17(22)27)29-18(11)25-19(23)24-16/h7-9H,3-6H2,1-2H3,(H2,22,27)(H2,23,24,25). The van der Waals surface area contributed by atoms with Crippen LogP contribution in [-0.4, -0.2) is 47.0 Å². The third kappa shape index (κ3) is 4.72. The largest absolute Gasteiger partial charge is 0.491 e. The molecule has 4 N–H and O–H groups in total. The lowest BCUT2D eigenvalue weighted by molar-refractivity contribution is 0.100. The maximum absolute atomic E-state index is 11.6. The Morgan fingerprint density at radius 2 is 1.90 bits per heavy atom. The maximum atomic E-state index is 11.6. The van der Waals surface area contributed by atoms with Crippen molar-refractivity contribution in [2.24, 2.45) is 5.73 Å². The third-order valence-electron chi connectivity index (χ3n) is 4.49. The van der Waals surface area contributed by atoms with Crippen LogP contribution in [0.4, 0.5) is 5.95 Å². The summed E-state index contributed by atoms with van der Waals surface area (Å²) in [4.78, 5) is 23.3. The summed E-state index contributed by atoms with van der Waals surface area (Å²) >= 11 is 13.9. The summed E-state index contributed by atoms with van der Waals surface area (Å²) in [5.74, 6) is 0.0226. The number of rotatable bonds is 8.